The fraction of sp³-hybridized carbons (Fsp3) is 0.348. The third-order valence-electron chi connectivity index (χ3n) is 6.50. The van der Waals surface area contributed by atoms with Crippen molar-refractivity contribution in [2.45, 2.75) is 44.8 Å². The molecule has 3 aliphatic heterocycles. The van der Waals surface area contributed by atoms with Crippen molar-refractivity contribution in [3.63, 3.8) is 0 Å². The Morgan fingerprint density at radius 1 is 1.17 bits per heavy atom. The van der Waals surface area contributed by atoms with Crippen molar-refractivity contribution in [1.82, 2.24) is 35.0 Å². The lowest BCUT2D eigenvalue weighted by Crippen LogP contribution is -2.52. The molecule has 1 saturated heterocycles. The van der Waals surface area contributed by atoms with E-state index in [1.165, 1.54) is 15.8 Å². The number of piperidine rings is 1. The average molecular weight is 490 g/mol. The number of fused-ring (bicyclic) bond motifs is 2. The molecule has 36 heavy (non-hydrogen) atoms. The highest BCUT2D eigenvalue weighted by Gasteiger charge is 2.39. The van der Waals surface area contributed by atoms with Gasteiger partial charge < -0.3 is 15.0 Å². The standard InChI is InChI=1S/C23H22N8O5/c32-19-6-5-17(22(34)25-19)29-11-13-3-4-14(9-15(13)23(29)35)31-12-16(26-28-31)21(33)24-18-10-20-30(27-18)7-1-2-8-36-20/h3-4,9-10,12,17H,1-2,5-8,11H2,(H,24,27,33)(H,25,32,34). The molecule has 0 bridgehead atoms. The lowest BCUT2D eigenvalue weighted by atomic mass is 10.0. The van der Waals surface area contributed by atoms with Gasteiger partial charge in [-0.05, 0) is 37.0 Å². The van der Waals surface area contributed by atoms with Crippen LogP contribution in [0.4, 0.5) is 5.82 Å². The highest BCUT2D eigenvalue weighted by atomic mass is 16.5. The van der Waals surface area contributed by atoms with E-state index in [1.807, 2.05) is 0 Å². The number of hydrogen-bond acceptors (Lipinski definition) is 8. The molecule has 4 amide bonds. The number of benzene rings is 1. The first-order valence-corrected chi connectivity index (χ1v) is 11.7. The van der Waals surface area contributed by atoms with Crippen LogP contribution < -0.4 is 15.4 Å². The number of ether oxygens (including phenoxy) is 1. The van der Waals surface area contributed by atoms with Crippen molar-refractivity contribution in [3.8, 4) is 11.6 Å². The lowest BCUT2D eigenvalue weighted by molar-refractivity contribution is -0.136. The second-order valence-corrected chi connectivity index (χ2v) is 8.89. The first-order chi connectivity index (χ1) is 17.5. The van der Waals surface area contributed by atoms with Crippen LogP contribution in [0.2, 0.25) is 0 Å². The molecule has 13 nitrogen and oxygen atoms in total. The largest absolute Gasteiger partial charge is 0.478 e. The summed E-state index contributed by atoms with van der Waals surface area (Å²) in [5.41, 5.74) is 1.84. The van der Waals surface area contributed by atoms with E-state index in [0.29, 0.717) is 36.0 Å². The molecule has 13 heteroatoms. The number of amides is 4. The van der Waals surface area contributed by atoms with Crippen molar-refractivity contribution < 1.29 is 23.9 Å². The first-order valence-electron chi connectivity index (χ1n) is 11.7. The molecule has 1 fully saturated rings. The van der Waals surface area contributed by atoms with Crippen LogP contribution >= 0.6 is 0 Å². The topological polar surface area (TPSA) is 153 Å². The smallest absolute Gasteiger partial charge is 0.279 e. The highest BCUT2D eigenvalue weighted by molar-refractivity contribution is 6.05. The van der Waals surface area contributed by atoms with Crippen molar-refractivity contribution in [3.05, 3.63) is 47.3 Å². The Hall–Kier alpha value is -4.55. The van der Waals surface area contributed by atoms with Gasteiger partial charge in [0.2, 0.25) is 17.7 Å². The zero-order valence-electron chi connectivity index (χ0n) is 19.1. The Labute approximate surface area is 204 Å². The number of carbonyl (C=O) groups is 4. The second-order valence-electron chi connectivity index (χ2n) is 8.89. The number of carbonyl (C=O) groups excluding carboxylic acids is 4. The monoisotopic (exact) mass is 490 g/mol. The molecule has 0 radical (unpaired) electrons. The number of imide groups is 1. The normalized spacial score (nSPS) is 19.3. The second kappa shape index (κ2) is 8.59. The predicted octanol–water partition coefficient (Wildman–Crippen LogP) is 0.650. The van der Waals surface area contributed by atoms with E-state index in [4.69, 9.17) is 4.74 Å². The van der Waals surface area contributed by atoms with Crippen LogP contribution in [0.1, 0.15) is 52.1 Å². The van der Waals surface area contributed by atoms with Gasteiger partial charge in [-0.2, -0.15) is 5.10 Å². The number of hydrogen-bond donors (Lipinski definition) is 2. The van der Waals surface area contributed by atoms with Gasteiger partial charge in [0.1, 0.15) is 6.04 Å². The molecule has 0 spiro atoms. The third-order valence-corrected chi connectivity index (χ3v) is 6.50. The Morgan fingerprint density at radius 3 is 2.92 bits per heavy atom. The van der Waals surface area contributed by atoms with Gasteiger partial charge in [0.05, 0.1) is 18.5 Å². The van der Waals surface area contributed by atoms with Crippen LogP contribution in [0.25, 0.3) is 5.69 Å². The summed E-state index contributed by atoms with van der Waals surface area (Å²) in [6, 6.07) is 6.20. The van der Waals surface area contributed by atoms with Crippen LogP contribution in [0.15, 0.2) is 30.5 Å². The predicted molar refractivity (Wildman–Crippen MR) is 122 cm³/mol. The molecule has 1 atom stereocenters. The summed E-state index contributed by atoms with van der Waals surface area (Å²) in [4.78, 5) is 51.0. The summed E-state index contributed by atoms with van der Waals surface area (Å²) in [6.45, 7) is 1.62. The molecule has 1 unspecified atom stereocenters. The minimum Gasteiger partial charge on any atom is -0.478 e. The maximum Gasteiger partial charge on any atom is 0.279 e. The maximum atomic E-state index is 13.1. The molecule has 2 aromatic heterocycles. The Balaban J connectivity index is 1.17. The summed E-state index contributed by atoms with van der Waals surface area (Å²) in [6.07, 6.45) is 3.86. The molecule has 0 aliphatic carbocycles. The van der Waals surface area contributed by atoms with Crippen LogP contribution in [-0.4, -0.2) is 66.0 Å². The molecule has 0 saturated carbocycles. The van der Waals surface area contributed by atoms with Gasteiger partial charge in [-0.3, -0.25) is 24.5 Å². The Morgan fingerprint density at radius 2 is 2.06 bits per heavy atom. The molecule has 184 valence electrons. The fourth-order valence-corrected chi connectivity index (χ4v) is 4.64. The van der Waals surface area contributed by atoms with E-state index in [1.54, 1.807) is 28.9 Å². The van der Waals surface area contributed by atoms with Crippen molar-refractivity contribution in [2.75, 3.05) is 11.9 Å². The molecule has 5 heterocycles. The van der Waals surface area contributed by atoms with Crippen LogP contribution in [0.5, 0.6) is 5.88 Å². The Bertz CT molecular complexity index is 1390. The molecule has 3 aliphatic rings. The zero-order valence-corrected chi connectivity index (χ0v) is 19.1. The summed E-state index contributed by atoms with van der Waals surface area (Å²) >= 11 is 0. The van der Waals surface area contributed by atoms with Crippen LogP contribution in [-0.2, 0) is 22.7 Å². The van der Waals surface area contributed by atoms with Gasteiger partial charge in [-0.15, -0.1) is 5.10 Å². The highest BCUT2D eigenvalue weighted by Crippen LogP contribution is 2.29. The summed E-state index contributed by atoms with van der Waals surface area (Å²) < 4.78 is 8.76. The van der Waals surface area contributed by atoms with Crippen LogP contribution in [0, 0.1) is 0 Å². The van der Waals surface area contributed by atoms with E-state index in [-0.39, 0.29) is 30.5 Å². The van der Waals surface area contributed by atoms with Gasteiger partial charge in [-0.1, -0.05) is 11.3 Å². The van der Waals surface area contributed by atoms with Gasteiger partial charge in [0.15, 0.2) is 11.5 Å². The van der Waals surface area contributed by atoms with Gasteiger partial charge in [-0.25, -0.2) is 9.36 Å². The third kappa shape index (κ3) is 3.87. The van der Waals surface area contributed by atoms with Crippen molar-refractivity contribution in [2.24, 2.45) is 0 Å². The summed E-state index contributed by atoms with van der Waals surface area (Å²) in [5, 5.41) is 17.4. The SMILES string of the molecule is O=C1CCC(N2Cc3ccc(-n4cc(C(=O)Nc5cc6n(n5)CCCCO6)nn4)cc3C2=O)C(=O)N1. The van der Waals surface area contributed by atoms with Crippen molar-refractivity contribution in [1.29, 1.82) is 0 Å². The molecular weight excluding hydrogens is 468 g/mol. The first kappa shape index (κ1) is 21.9. The Kier molecular flexibility index (Phi) is 5.24. The summed E-state index contributed by atoms with van der Waals surface area (Å²) in [7, 11) is 0. The van der Waals surface area contributed by atoms with Crippen LogP contribution in [0.3, 0.4) is 0 Å². The number of anilines is 1. The van der Waals surface area contributed by atoms with E-state index >= 15 is 0 Å². The number of nitrogens with zero attached hydrogens (tertiary/aromatic N) is 6. The van der Waals surface area contributed by atoms with E-state index in [9.17, 15) is 19.2 Å². The van der Waals surface area contributed by atoms with E-state index in [2.05, 4.69) is 26.0 Å². The minimum absolute atomic E-state index is 0.0797. The number of aromatic nitrogens is 5. The zero-order chi connectivity index (χ0) is 24.8. The van der Waals surface area contributed by atoms with Gasteiger partial charge in [0, 0.05) is 31.1 Å². The number of aryl methyl sites for hydroxylation is 1. The molecular formula is C23H22N8O5. The average Bonchev–Trinajstić information content (AvgIpc) is 3.54. The number of rotatable bonds is 4. The minimum atomic E-state index is -0.684. The van der Waals surface area contributed by atoms with Gasteiger partial charge >= 0.3 is 0 Å². The lowest BCUT2D eigenvalue weighted by Gasteiger charge is -2.29. The molecule has 3 aromatic rings. The van der Waals surface area contributed by atoms with Crippen molar-refractivity contribution >= 4 is 29.4 Å². The maximum absolute atomic E-state index is 13.1. The molecule has 2 N–H and O–H groups in total. The fourth-order valence-electron chi connectivity index (χ4n) is 4.64. The summed E-state index contributed by atoms with van der Waals surface area (Å²) in [5.74, 6) is -0.578. The van der Waals surface area contributed by atoms with E-state index in [0.717, 1.165) is 24.9 Å². The van der Waals surface area contributed by atoms with Gasteiger partial charge in [0.25, 0.3) is 11.8 Å². The van der Waals surface area contributed by atoms with E-state index < -0.39 is 17.9 Å². The quantitative estimate of drug-likeness (QED) is 0.506. The molecule has 6 rings (SSSR count). The number of nitrogens with one attached hydrogen (secondary N) is 2. The molecule has 1 aromatic carbocycles.